The minimum absolute atomic E-state index is 0.00610. The molecule has 7 heteroatoms. The van der Waals surface area contributed by atoms with Gasteiger partial charge in [-0.2, -0.15) is 0 Å². The summed E-state index contributed by atoms with van der Waals surface area (Å²) in [6, 6.07) is 0. The SMILES string of the molecule is CCC(C)C1CCC(O)C(CC)C1.CCC(C)C1CCCC(O)C1CC.CCC1CC(CC(C)C)CCC1O.CCC1CCC(CC(C)C)CC1O.CCC1CCC(O)C(CC(C)C)C1.CCC1CCC(O)CC1CC(C)C.CCC1CCCC(CC(C)C)C1O. The summed E-state index contributed by atoms with van der Waals surface area (Å²) >= 11 is 0. The smallest absolute Gasteiger partial charge is 0.0596 e. The van der Waals surface area contributed by atoms with Crippen LogP contribution < -0.4 is 0 Å². The van der Waals surface area contributed by atoms with E-state index in [1.165, 1.54) is 148 Å². The van der Waals surface area contributed by atoms with Crippen LogP contribution in [0.4, 0.5) is 0 Å². The Bertz CT molecular complexity index is 1650. The molecule has 0 spiro atoms. The Morgan fingerprint density at radius 1 is 0.275 bits per heavy atom. The van der Waals surface area contributed by atoms with E-state index in [9.17, 15) is 35.7 Å². The highest BCUT2D eigenvalue weighted by Crippen LogP contribution is 2.42. The quantitative estimate of drug-likeness (QED) is 0.0607. The number of hydrogen-bond donors (Lipinski definition) is 7. The Hall–Kier alpha value is -0.280. The van der Waals surface area contributed by atoms with Crippen molar-refractivity contribution in [1.82, 2.24) is 0 Å². The van der Waals surface area contributed by atoms with Gasteiger partial charge in [0.15, 0.2) is 0 Å². The molecule has 0 heterocycles. The van der Waals surface area contributed by atoms with E-state index in [0.29, 0.717) is 41.4 Å². The molecule has 0 aromatic rings. The molecular formula is C84H168O7. The molecule has 7 aliphatic rings. The molecule has 0 radical (unpaired) electrons. The summed E-state index contributed by atoms with van der Waals surface area (Å²) < 4.78 is 0. The van der Waals surface area contributed by atoms with Gasteiger partial charge in [-0.1, -0.05) is 216 Å². The highest BCUT2D eigenvalue weighted by Gasteiger charge is 2.36. The molecule has 91 heavy (non-hydrogen) atoms. The molecule has 0 amide bonds. The number of hydrogen-bond acceptors (Lipinski definition) is 7. The first-order chi connectivity index (χ1) is 43.1. The van der Waals surface area contributed by atoms with E-state index in [2.05, 4.69) is 145 Å². The second-order valence-corrected chi connectivity index (χ2v) is 34.5. The van der Waals surface area contributed by atoms with Crippen LogP contribution in [0.2, 0.25) is 0 Å². The lowest BCUT2D eigenvalue weighted by Gasteiger charge is -2.38. The van der Waals surface area contributed by atoms with Crippen molar-refractivity contribution in [2.45, 2.75) is 413 Å². The monoisotopic (exact) mass is 1290 g/mol. The lowest BCUT2D eigenvalue weighted by molar-refractivity contribution is 0.00739. The Morgan fingerprint density at radius 2 is 0.703 bits per heavy atom. The normalized spacial score (nSPS) is 35.9. The van der Waals surface area contributed by atoms with Crippen molar-refractivity contribution in [3.05, 3.63) is 0 Å². The van der Waals surface area contributed by atoms with Gasteiger partial charge in [-0.25, -0.2) is 0 Å². The van der Waals surface area contributed by atoms with Gasteiger partial charge in [-0.05, 0) is 278 Å². The van der Waals surface area contributed by atoms with Gasteiger partial charge in [0, 0.05) is 0 Å². The maximum absolute atomic E-state index is 10.1. The minimum Gasteiger partial charge on any atom is -0.393 e. The third-order valence-corrected chi connectivity index (χ3v) is 24.9. The van der Waals surface area contributed by atoms with Crippen molar-refractivity contribution in [3.63, 3.8) is 0 Å². The van der Waals surface area contributed by atoms with Crippen molar-refractivity contribution in [2.75, 3.05) is 0 Å². The van der Waals surface area contributed by atoms with Crippen LogP contribution in [0.15, 0.2) is 0 Å². The molecule has 7 rings (SSSR count). The lowest BCUT2D eigenvalue weighted by Crippen LogP contribution is -2.35. The Labute approximate surface area is 570 Å². The van der Waals surface area contributed by atoms with E-state index < -0.39 is 0 Å². The van der Waals surface area contributed by atoms with Crippen LogP contribution in [0, 0.1) is 124 Å². The molecule has 7 N–H and O–H groups in total. The summed E-state index contributed by atoms with van der Waals surface area (Å²) in [4.78, 5) is 0. The molecule has 0 aromatic heterocycles. The number of rotatable bonds is 21. The first kappa shape index (κ1) is 88.7. The molecule has 0 aliphatic heterocycles. The van der Waals surface area contributed by atoms with E-state index in [4.69, 9.17) is 0 Å². The molecule has 0 aromatic carbocycles. The summed E-state index contributed by atoms with van der Waals surface area (Å²) in [6.45, 7) is 47.5. The van der Waals surface area contributed by atoms with Gasteiger partial charge >= 0.3 is 0 Å². The fourth-order valence-electron chi connectivity index (χ4n) is 18.7. The van der Waals surface area contributed by atoms with E-state index in [0.717, 1.165) is 160 Å². The predicted molar refractivity (Wildman–Crippen MR) is 396 cm³/mol. The van der Waals surface area contributed by atoms with Gasteiger partial charge in [-0.15, -0.1) is 0 Å². The van der Waals surface area contributed by atoms with E-state index in [1.807, 2.05) is 0 Å². The first-order valence-electron chi connectivity index (χ1n) is 40.8. The minimum atomic E-state index is -0.0160. The van der Waals surface area contributed by atoms with Gasteiger partial charge < -0.3 is 35.7 Å². The first-order valence-corrected chi connectivity index (χ1v) is 40.8. The third kappa shape index (κ3) is 35.9. The van der Waals surface area contributed by atoms with Crippen molar-refractivity contribution >= 4 is 0 Å². The van der Waals surface area contributed by atoms with Crippen LogP contribution in [0.5, 0.6) is 0 Å². The van der Waals surface area contributed by atoms with Crippen molar-refractivity contribution in [3.8, 4) is 0 Å². The molecule has 7 fully saturated rings. The van der Waals surface area contributed by atoms with Crippen molar-refractivity contribution in [2.24, 2.45) is 124 Å². The lowest BCUT2D eigenvalue weighted by atomic mass is 9.70. The summed E-state index contributed by atoms with van der Waals surface area (Å²) in [7, 11) is 0. The predicted octanol–water partition coefficient (Wildman–Crippen LogP) is 22.5. The molecule has 7 saturated carbocycles. The summed E-state index contributed by atoms with van der Waals surface area (Å²) in [6.07, 6.45) is 42.2. The third-order valence-electron chi connectivity index (χ3n) is 24.9. The molecule has 0 saturated heterocycles. The highest BCUT2D eigenvalue weighted by molar-refractivity contribution is 4.87. The van der Waals surface area contributed by atoms with Gasteiger partial charge in [0.1, 0.15) is 0 Å². The molecule has 7 aliphatic carbocycles. The van der Waals surface area contributed by atoms with Crippen LogP contribution in [0.1, 0.15) is 370 Å². The standard InChI is InChI=1S/7C12H24O/c1-4-11-8-10(7-9(2)3)5-6-12(11)13;1-4-11-6-5-10(7-9(2)3)8-12(11)13;1-4-10-5-6-12(13)8-11(10)7-9(2)3;1-4-10-5-6-12(13)11(8-10)7-9(2)3;1-4-10-6-5-7-11(12(10)13)8-9(2)3;1-4-9(3)11-6-7-12(13)10(5-2)8-11;1-4-9(3)11-7-6-8-12(13)10(11)5-2/h7*9-13H,4-8H2,1-3H3. The van der Waals surface area contributed by atoms with Crippen LogP contribution >= 0.6 is 0 Å². The Kier molecular flexibility index (Phi) is 48.9. The molecule has 7 nitrogen and oxygen atoms in total. The molecule has 23 atom stereocenters. The second kappa shape index (κ2) is 50.1. The molecular weight excluding hydrogens is 1120 g/mol. The zero-order valence-electron chi connectivity index (χ0n) is 65.0. The van der Waals surface area contributed by atoms with Crippen molar-refractivity contribution < 1.29 is 35.7 Å². The average molecular weight is 1290 g/mol. The fourth-order valence-corrected chi connectivity index (χ4v) is 18.7. The van der Waals surface area contributed by atoms with E-state index in [1.54, 1.807) is 0 Å². The maximum atomic E-state index is 10.1. The van der Waals surface area contributed by atoms with Crippen LogP contribution in [-0.2, 0) is 0 Å². The maximum Gasteiger partial charge on any atom is 0.0596 e. The zero-order chi connectivity index (χ0) is 68.9. The topological polar surface area (TPSA) is 142 Å². The van der Waals surface area contributed by atoms with Crippen LogP contribution in [0.25, 0.3) is 0 Å². The van der Waals surface area contributed by atoms with E-state index in [-0.39, 0.29) is 42.7 Å². The van der Waals surface area contributed by atoms with E-state index >= 15 is 0 Å². The average Bonchev–Trinajstić information content (AvgIpc) is 2.21. The zero-order valence-corrected chi connectivity index (χ0v) is 65.0. The van der Waals surface area contributed by atoms with Gasteiger partial charge in [0.05, 0.1) is 42.7 Å². The fraction of sp³-hybridized carbons (Fsp3) is 1.00. The highest BCUT2D eigenvalue weighted by atomic mass is 16.3. The molecule has 0 bridgehead atoms. The Morgan fingerprint density at radius 3 is 1.20 bits per heavy atom. The largest absolute Gasteiger partial charge is 0.393 e. The van der Waals surface area contributed by atoms with Crippen LogP contribution in [0.3, 0.4) is 0 Å². The summed E-state index contributed by atoms with van der Waals surface area (Å²) in [5.74, 6) is 15.4. The molecule has 23 unspecified atom stereocenters. The number of aliphatic hydroxyl groups is 7. The Balaban J connectivity index is 0.000000531. The van der Waals surface area contributed by atoms with Gasteiger partial charge in [-0.3, -0.25) is 0 Å². The molecule has 546 valence electrons. The number of aliphatic hydroxyl groups excluding tert-OH is 7. The van der Waals surface area contributed by atoms with Crippen LogP contribution in [-0.4, -0.2) is 78.5 Å². The summed E-state index contributed by atoms with van der Waals surface area (Å²) in [5, 5.41) is 68.7. The van der Waals surface area contributed by atoms with Gasteiger partial charge in [0.25, 0.3) is 0 Å². The summed E-state index contributed by atoms with van der Waals surface area (Å²) in [5.41, 5.74) is 0. The van der Waals surface area contributed by atoms with Crippen molar-refractivity contribution in [1.29, 1.82) is 0 Å². The second-order valence-electron chi connectivity index (χ2n) is 34.5. The van der Waals surface area contributed by atoms with Gasteiger partial charge in [0.2, 0.25) is 0 Å².